The SMILES string of the molecule is CCOc1ccc([C@@H]2CC(=O)Nc3c2cnn3-c2cccc(Cl)c2)cc1OC. The number of benzene rings is 2. The molecule has 1 aliphatic rings. The molecule has 0 radical (unpaired) electrons. The lowest BCUT2D eigenvalue weighted by molar-refractivity contribution is -0.116. The molecule has 3 aromatic rings. The summed E-state index contributed by atoms with van der Waals surface area (Å²) in [4.78, 5) is 12.4. The molecule has 28 heavy (non-hydrogen) atoms. The van der Waals surface area contributed by atoms with Crippen molar-refractivity contribution in [2.24, 2.45) is 0 Å². The average Bonchev–Trinajstić information content (AvgIpc) is 3.11. The number of rotatable bonds is 5. The number of fused-ring (bicyclic) bond motifs is 1. The summed E-state index contributed by atoms with van der Waals surface area (Å²) in [5.41, 5.74) is 2.71. The van der Waals surface area contributed by atoms with Gasteiger partial charge in [0, 0.05) is 22.9 Å². The second-order valence-electron chi connectivity index (χ2n) is 6.49. The van der Waals surface area contributed by atoms with Gasteiger partial charge in [0.25, 0.3) is 0 Å². The van der Waals surface area contributed by atoms with Gasteiger partial charge in [-0.2, -0.15) is 5.10 Å². The predicted octanol–water partition coefficient (Wildman–Crippen LogP) is 4.41. The number of halogens is 1. The number of carbonyl (C=O) groups excluding carboxylic acids is 1. The summed E-state index contributed by atoms with van der Waals surface area (Å²) in [5, 5.41) is 8.05. The number of aromatic nitrogens is 2. The van der Waals surface area contributed by atoms with Gasteiger partial charge < -0.3 is 14.8 Å². The zero-order chi connectivity index (χ0) is 19.7. The van der Waals surface area contributed by atoms with E-state index in [2.05, 4.69) is 10.4 Å². The number of methoxy groups -OCH3 is 1. The minimum absolute atomic E-state index is 0.0610. The van der Waals surface area contributed by atoms with Crippen LogP contribution in [0.4, 0.5) is 5.82 Å². The van der Waals surface area contributed by atoms with Crippen LogP contribution in [0.25, 0.3) is 5.69 Å². The largest absolute Gasteiger partial charge is 0.493 e. The number of ether oxygens (including phenoxy) is 2. The zero-order valence-electron chi connectivity index (χ0n) is 15.6. The predicted molar refractivity (Wildman–Crippen MR) is 108 cm³/mol. The maximum absolute atomic E-state index is 12.4. The van der Waals surface area contributed by atoms with Crippen molar-refractivity contribution in [2.45, 2.75) is 19.3 Å². The molecule has 2 aromatic carbocycles. The molecule has 0 saturated carbocycles. The highest BCUT2D eigenvalue weighted by atomic mass is 35.5. The van der Waals surface area contributed by atoms with E-state index in [0.29, 0.717) is 35.4 Å². The normalized spacial score (nSPS) is 15.7. The molecule has 0 aliphatic carbocycles. The molecule has 0 fully saturated rings. The maximum atomic E-state index is 12.4. The molecule has 1 aliphatic heterocycles. The van der Waals surface area contributed by atoms with Crippen LogP contribution < -0.4 is 14.8 Å². The van der Waals surface area contributed by atoms with E-state index in [9.17, 15) is 4.79 Å². The molecule has 1 atom stereocenters. The van der Waals surface area contributed by atoms with E-state index >= 15 is 0 Å². The van der Waals surface area contributed by atoms with E-state index in [0.717, 1.165) is 16.8 Å². The molecule has 144 valence electrons. The first-order chi connectivity index (χ1) is 13.6. The van der Waals surface area contributed by atoms with Crippen molar-refractivity contribution in [1.29, 1.82) is 0 Å². The number of hydrogen-bond donors (Lipinski definition) is 1. The average molecular weight is 398 g/mol. The highest BCUT2D eigenvalue weighted by Crippen LogP contribution is 2.40. The highest BCUT2D eigenvalue weighted by Gasteiger charge is 2.31. The molecule has 1 amide bonds. The van der Waals surface area contributed by atoms with Crippen molar-refractivity contribution in [3.05, 3.63) is 64.8 Å². The first kappa shape index (κ1) is 18.4. The number of anilines is 1. The molecule has 1 N–H and O–H groups in total. The fraction of sp³-hybridized carbons (Fsp3) is 0.238. The van der Waals surface area contributed by atoms with Crippen LogP contribution in [0.3, 0.4) is 0 Å². The number of carbonyl (C=O) groups is 1. The van der Waals surface area contributed by atoms with Crippen LogP contribution in [0.1, 0.15) is 30.4 Å². The monoisotopic (exact) mass is 397 g/mol. The molecular formula is C21H20ClN3O3. The summed E-state index contributed by atoms with van der Waals surface area (Å²) in [7, 11) is 1.61. The van der Waals surface area contributed by atoms with Gasteiger partial charge in [-0.25, -0.2) is 4.68 Å². The summed E-state index contributed by atoms with van der Waals surface area (Å²) in [5.74, 6) is 1.81. The van der Waals surface area contributed by atoms with Crippen LogP contribution in [-0.4, -0.2) is 29.4 Å². The molecule has 1 aromatic heterocycles. The zero-order valence-corrected chi connectivity index (χ0v) is 16.4. The van der Waals surface area contributed by atoms with E-state index in [1.807, 2.05) is 43.3 Å². The Labute approximate surface area is 168 Å². The molecule has 0 unspecified atom stereocenters. The van der Waals surface area contributed by atoms with Crippen molar-refractivity contribution in [1.82, 2.24) is 9.78 Å². The van der Waals surface area contributed by atoms with Gasteiger partial charge in [-0.3, -0.25) is 4.79 Å². The first-order valence-electron chi connectivity index (χ1n) is 9.05. The van der Waals surface area contributed by atoms with Crippen molar-refractivity contribution < 1.29 is 14.3 Å². The van der Waals surface area contributed by atoms with Crippen LogP contribution in [0.5, 0.6) is 11.5 Å². The van der Waals surface area contributed by atoms with Crippen LogP contribution in [0.2, 0.25) is 5.02 Å². The van der Waals surface area contributed by atoms with Gasteiger partial charge in [0.05, 0.1) is 25.6 Å². The Morgan fingerprint density at radius 2 is 2.11 bits per heavy atom. The fourth-order valence-corrected chi connectivity index (χ4v) is 3.68. The Bertz CT molecular complexity index is 1030. The number of nitrogens with zero attached hydrogens (tertiary/aromatic N) is 2. The Morgan fingerprint density at radius 3 is 2.86 bits per heavy atom. The molecule has 0 saturated heterocycles. The highest BCUT2D eigenvalue weighted by molar-refractivity contribution is 6.30. The maximum Gasteiger partial charge on any atom is 0.226 e. The molecule has 6 nitrogen and oxygen atoms in total. The van der Waals surface area contributed by atoms with E-state index in [1.54, 1.807) is 24.1 Å². The molecule has 0 spiro atoms. The van der Waals surface area contributed by atoms with E-state index < -0.39 is 0 Å². The van der Waals surface area contributed by atoms with Gasteiger partial charge >= 0.3 is 0 Å². The van der Waals surface area contributed by atoms with Crippen LogP contribution in [0.15, 0.2) is 48.7 Å². The summed E-state index contributed by atoms with van der Waals surface area (Å²) < 4.78 is 12.8. The van der Waals surface area contributed by atoms with Gasteiger partial charge in [-0.1, -0.05) is 23.7 Å². The molecule has 2 heterocycles. The minimum Gasteiger partial charge on any atom is -0.493 e. The molecule has 7 heteroatoms. The Balaban J connectivity index is 1.77. The Hall–Kier alpha value is -2.99. The van der Waals surface area contributed by atoms with Gasteiger partial charge in [0.15, 0.2) is 11.5 Å². The lowest BCUT2D eigenvalue weighted by Gasteiger charge is -2.24. The number of hydrogen-bond acceptors (Lipinski definition) is 4. The molecular weight excluding hydrogens is 378 g/mol. The first-order valence-corrected chi connectivity index (χ1v) is 9.43. The minimum atomic E-state index is -0.124. The summed E-state index contributed by atoms with van der Waals surface area (Å²) >= 11 is 6.12. The lowest BCUT2D eigenvalue weighted by atomic mass is 9.87. The van der Waals surface area contributed by atoms with Crippen molar-refractivity contribution in [2.75, 3.05) is 19.0 Å². The second kappa shape index (κ2) is 7.56. The Kier molecular flexibility index (Phi) is 4.96. The summed E-state index contributed by atoms with van der Waals surface area (Å²) in [6.07, 6.45) is 2.13. The smallest absolute Gasteiger partial charge is 0.226 e. The second-order valence-corrected chi connectivity index (χ2v) is 6.92. The van der Waals surface area contributed by atoms with Crippen LogP contribution in [-0.2, 0) is 4.79 Å². The number of nitrogens with one attached hydrogen (secondary N) is 1. The van der Waals surface area contributed by atoms with Gasteiger partial charge in [-0.05, 0) is 42.8 Å². The van der Waals surface area contributed by atoms with E-state index in [-0.39, 0.29) is 11.8 Å². The lowest BCUT2D eigenvalue weighted by Crippen LogP contribution is -2.24. The Morgan fingerprint density at radius 1 is 1.25 bits per heavy atom. The van der Waals surface area contributed by atoms with Crippen LogP contribution in [0, 0.1) is 0 Å². The van der Waals surface area contributed by atoms with E-state index in [1.165, 1.54) is 0 Å². The van der Waals surface area contributed by atoms with Gasteiger partial charge in [0.1, 0.15) is 5.82 Å². The summed E-state index contributed by atoms with van der Waals surface area (Å²) in [6.45, 7) is 2.48. The van der Waals surface area contributed by atoms with Crippen molar-refractivity contribution in [3.8, 4) is 17.2 Å². The molecule has 4 rings (SSSR count). The summed E-state index contributed by atoms with van der Waals surface area (Å²) in [6, 6.07) is 13.1. The quantitative estimate of drug-likeness (QED) is 0.692. The third-order valence-corrected chi connectivity index (χ3v) is 5.00. The van der Waals surface area contributed by atoms with Crippen molar-refractivity contribution >= 4 is 23.3 Å². The fourth-order valence-electron chi connectivity index (χ4n) is 3.50. The van der Waals surface area contributed by atoms with Crippen LogP contribution >= 0.6 is 11.6 Å². The topological polar surface area (TPSA) is 65.4 Å². The van der Waals surface area contributed by atoms with Crippen molar-refractivity contribution in [3.63, 3.8) is 0 Å². The number of amides is 1. The third-order valence-electron chi connectivity index (χ3n) is 4.76. The standard InChI is InChI=1S/C21H20ClN3O3/c1-3-28-18-8-7-13(9-19(18)27-2)16-11-20(26)24-21-17(16)12-23-25(21)15-6-4-5-14(22)10-15/h4-10,12,16H,3,11H2,1-2H3,(H,24,26)/t16-/m0/s1. The molecule has 0 bridgehead atoms. The van der Waals surface area contributed by atoms with Gasteiger partial charge in [-0.15, -0.1) is 0 Å². The van der Waals surface area contributed by atoms with Gasteiger partial charge in [0.2, 0.25) is 5.91 Å². The third kappa shape index (κ3) is 3.31. The van der Waals surface area contributed by atoms with E-state index in [4.69, 9.17) is 21.1 Å².